The Balaban J connectivity index is 1.74. The normalized spacial score (nSPS) is 17.4. The zero-order chi connectivity index (χ0) is 19.0. The molecule has 142 valence electrons. The number of ether oxygens (including phenoxy) is 1. The fraction of sp³-hybridized carbons (Fsp3) is 0.409. The van der Waals surface area contributed by atoms with Gasteiger partial charge in [-0.15, -0.1) is 0 Å². The zero-order valence-corrected chi connectivity index (χ0v) is 16.2. The molecule has 2 N–H and O–H groups in total. The number of aromatic nitrogens is 2. The Morgan fingerprint density at radius 1 is 1.15 bits per heavy atom. The number of para-hydroxylation sites is 2. The highest BCUT2D eigenvalue weighted by Gasteiger charge is 2.28. The first-order valence-electron chi connectivity index (χ1n) is 9.60. The molecule has 4 rings (SSSR count). The highest BCUT2D eigenvalue weighted by molar-refractivity contribution is 5.75. The lowest BCUT2D eigenvalue weighted by Gasteiger charge is -2.31. The number of fused-ring (bicyclic) bond motifs is 1. The van der Waals surface area contributed by atoms with E-state index in [0.717, 1.165) is 59.5 Å². The van der Waals surface area contributed by atoms with E-state index in [1.54, 1.807) is 0 Å². The number of benzene rings is 2. The summed E-state index contributed by atoms with van der Waals surface area (Å²) in [6, 6.07) is 11.8. The number of hydrogen-bond acceptors (Lipinski definition) is 4. The van der Waals surface area contributed by atoms with Crippen molar-refractivity contribution in [1.82, 2.24) is 14.9 Å². The Bertz CT molecular complexity index is 909. The molecule has 1 aliphatic heterocycles. The summed E-state index contributed by atoms with van der Waals surface area (Å²) in [7, 11) is 2.14. The number of aromatic amines is 1. The monoisotopic (exact) mass is 365 g/mol. The first kappa shape index (κ1) is 18.0. The van der Waals surface area contributed by atoms with Crippen molar-refractivity contribution in [2.24, 2.45) is 0 Å². The second kappa shape index (κ2) is 7.33. The first-order chi connectivity index (χ1) is 13.0. The zero-order valence-electron chi connectivity index (χ0n) is 16.2. The molecule has 1 unspecified atom stereocenters. The fourth-order valence-corrected chi connectivity index (χ4v) is 3.73. The van der Waals surface area contributed by atoms with Gasteiger partial charge in [-0.1, -0.05) is 12.1 Å². The van der Waals surface area contributed by atoms with E-state index in [-0.39, 0.29) is 11.9 Å². The van der Waals surface area contributed by atoms with Gasteiger partial charge in [-0.05, 0) is 69.1 Å². The van der Waals surface area contributed by atoms with Gasteiger partial charge in [-0.3, -0.25) is 0 Å². The number of imidazole rings is 1. The van der Waals surface area contributed by atoms with Crippen molar-refractivity contribution in [1.29, 1.82) is 0 Å². The SMILES string of the molecule is Cc1cc(O)c(C(OC2CCN(C)CC2)c2nc3ccccc3[nH]2)cc1C. The molecule has 2 aromatic carbocycles. The van der Waals surface area contributed by atoms with E-state index in [1.807, 2.05) is 43.3 Å². The number of likely N-dealkylation sites (tertiary alicyclic amines) is 1. The number of nitrogens with one attached hydrogen (secondary N) is 1. The van der Waals surface area contributed by atoms with Crippen molar-refractivity contribution < 1.29 is 9.84 Å². The van der Waals surface area contributed by atoms with E-state index < -0.39 is 6.10 Å². The fourth-order valence-electron chi connectivity index (χ4n) is 3.73. The Hall–Kier alpha value is -2.37. The van der Waals surface area contributed by atoms with Crippen LogP contribution in [-0.4, -0.2) is 46.2 Å². The predicted octanol–water partition coefficient (Wildman–Crippen LogP) is 4.09. The number of hydrogen-bond donors (Lipinski definition) is 2. The Morgan fingerprint density at radius 2 is 1.85 bits per heavy atom. The van der Waals surface area contributed by atoms with Crippen LogP contribution >= 0.6 is 0 Å². The largest absolute Gasteiger partial charge is 0.508 e. The average Bonchev–Trinajstić information content (AvgIpc) is 3.08. The first-order valence-corrected chi connectivity index (χ1v) is 9.60. The quantitative estimate of drug-likeness (QED) is 0.731. The lowest BCUT2D eigenvalue weighted by Crippen LogP contribution is -2.35. The van der Waals surface area contributed by atoms with Gasteiger partial charge in [-0.2, -0.15) is 0 Å². The van der Waals surface area contributed by atoms with Crippen molar-refractivity contribution in [2.75, 3.05) is 20.1 Å². The minimum absolute atomic E-state index is 0.153. The summed E-state index contributed by atoms with van der Waals surface area (Å²) < 4.78 is 6.54. The summed E-state index contributed by atoms with van der Waals surface area (Å²) in [4.78, 5) is 10.5. The number of aryl methyl sites for hydroxylation is 2. The molecule has 1 fully saturated rings. The van der Waals surface area contributed by atoms with Crippen molar-refractivity contribution in [3.8, 4) is 5.75 Å². The molecule has 1 aliphatic rings. The van der Waals surface area contributed by atoms with E-state index in [9.17, 15) is 5.11 Å². The molecule has 1 saturated heterocycles. The highest BCUT2D eigenvalue weighted by Crippen LogP contribution is 2.36. The van der Waals surface area contributed by atoms with Crippen LogP contribution in [0.2, 0.25) is 0 Å². The summed E-state index contributed by atoms with van der Waals surface area (Å²) in [6.45, 7) is 6.11. The molecule has 1 aromatic heterocycles. The molecule has 3 aromatic rings. The van der Waals surface area contributed by atoms with Crippen LogP contribution in [0.4, 0.5) is 0 Å². The maximum atomic E-state index is 10.7. The van der Waals surface area contributed by atoms with Crippen LogP contribution in [0.5, 0.6) is 5.75 Å². The summed E-state index contributed by atoms with van der Waals surface area (Å²) in [5.74, 6) is 1.00. The summed E-state index contributed by atoms with van der Waals surface area (Å²) in [6.07, 6.45) is 1.71. The molecule has 27 heavy (non-hydrogen) atoms. The van der Waals surface area contributed by atoms with Gasteiger partial charge in [0.25, 0.3) is 0 Å². The van der Waals surface area contributed by atoms with E-state index in [0.29, 0.717) is 0 Å². The number of nitrogens with zero attached hydrogens (tertiary/aromatic N) is 2. The van der Waals surface area contributed by atoms with E-state index in [2.05, 4.69) is 23.9 Å². The highest BCUT2D eigenvalue weighted by atomic mass is 16.5. The molecule has 2 heterocycles. The van der Waals surface area contributed by atoms with Crippen LogP contribution in [0.1, 0.15) is 41.5 Å². The van der Waals surface area contributed by atoms with Gasteiger partial charge in [0.1, 0.15) is 17.7 Å². The third-order valence-electron chi connectivity index (χ3n) is 5.58. The molecule has 0 aliphatic carbocycles. The molecule has 0 amide bonds. The average molecular weight is 365 g/mol. The van der Waals surface area contributed by atoms with Crippen LogP contribution in [0.3, 0.4) is 0 Å². The van der Waals surface area contributed by atoms with Gasteiger partial charge in [0.2, 0.25) is 0 Å². The van der Waals surface area contributed by atoms with Gasteiger partial charge in [0.05, 0.1) is 17.1 Å². The molecule has 5 heteroatoms. The Morgan fingerprint density at radius 3 is 2.59 bits per heavy atom. The van der Waals surface area contributed by atoms with Crippen molar-refractivity contribution in [2.45, 2.75) is 38.9 Å². The lowest BCUT2D eigenvalue weighted by atomic mass is 10.00. The number of piperidine rings is 1. The molecule has 0 saturated carbocycles. The standard InChI is InChI=1S/C22H27N3O2/c1-14-12-17(20(26)13-15(14)2)21(27-16-8-10-25(3)11-9-16)22-23-18-6-4-5-7-19(18)24-22/h4-7,12-13,16,21,26H,8-11H2,1-3H3,(H,23,24). The second-order valence-corrected chi connectivity index (χ2v) is 7.65. The van der Waals surface area contributed by atoms with Crippen LogP contribution in [0.25, 0.3) is 11.0 Å². The number of phenols is 1. The predicted molar refractivity (Wildman–Crippen MR) is 107 cm³/mol. The maximum Gasteiger partial charge on any atom is 0.144 e. The van der Waals surface area contributed by atoms with Crippen LogP contribution in [0.15, 0.2) is 36.4 Å². The third kappa shape index (κ3) is 3.70. The Kier molecular flexibility index (Phi) is 4.89. The third-order valence-corrected chi connectivity index (χ3v) is 5.58. The molecule has 1 atom stereocenters. The van der Waals surface area contributed by atoms with Gasteiger partial charge < -0.3 is 19.7 Å². The molecule has 0 spiro atoms. The number of rotatable bonds is 4. The van der Waals surface area contributed by atoms with E-state index >= 15 is 0 Å². The van der Waals surface area contributed by atoms with Crippen LogP contribution < -0.4 is 0 Å². The summed E-state index contributed by atoms with van der Waals surface area (Å²) in [5.41, 5.74) is 4.87. The summed E-state index contributed by atoms with van der Waals surface area (Å²) >= 11 is 0. The molecular formula is C22H27N3O2. The topological polar surface area (TPSA) is 61.4 Å². The van der Waals surface area contributed by atoms with Crippen molar-refractivity contribution in [3.05, 3.63) is 58.9 Å². The van der Waals surface area contributed by atoms with Crippen LogP contribution in [0, 0.1) is 13.8 Å². The lowest BCUT2D eigenvalue weighted by molar-refractivity contribution is -0.0271. The van der Waals surface area contributed by atoms with Crippen LogP contribution in [-0.2, 0) is 4.74 Å². The molecule has 0 radical (unpaired) electrons. The number of H-pyrrole nitrogens is 1. The smallest absolute Gasteiger partial charge is 0.144 e. The molecule has 5 nitrogen and oxygen atoms in total. The van der Waals surface area contributed by atoms with E-state index in [4.69, 9.17) is 9.72 Å². The Labute approximate surface area is 160 Å². The number of phenolic OH excluding ortho intramolecular Hbond substituents is 1. The minimum Gasteiger partial charge on any atom is -0.508 e. The van der Waals surface area contributed by atoms with Gasteiger partial charge >= 0.3 is 0 Å². The van der Waals surface area contributed by atoms with Crippen molar-refractivity contribution >= 4 is 11.0 Å². The number of aromatic hydroxyl groups is 1. The minimum atomic E-state index is -0.412. The van der Waals surface area contributed by atoms with Gasteiger partial charge in [0, 0.05) is 18.7 Å². The van der Waals surface area contributed by atoms with Gasteiger partial charge in [0.15, 0.2) is 0 Å². The van der Waals surface area contributed by atoms with E-state index in [1.165, 1.54) is 0 Å². The molecule has 0 bridgehead atoms. The maximum absolute atomic E-state index is 10.7. The molecular weight excluding hydrogens is 338 g/mol. The summed E-state index contributed by atoms with van der Waals surface area (Å²) in [5, 5.41) is 10.7. The van der Waals surface area contributed by atoms with Crippen molar-refractivity contribution in [3.63, 3.8) is 0 Å². The second-order valence-electron chi connectivity index (χ2n) is 7.65. The van der Waals surface area contributed by atoms with Gasteiger partial charge in [-0.25, -0.2) is 4.98 Å².